The lowest BCUT2D eigenvalue weighted by Crippen LogP contribution is -2.52. The fourth-order valence-corrected chi connectivity index (χ4v) is 2.60. The molecule has 5 heteroatoms. The van der Waals surface area contributed by atoms with Crippen molar-refractivity contribution in [1.82, 2.24) is 15.1 Å². The quantitative estimate of drug-likeness (QED) is 0.797. The highest BCUT2D eigenvalue weighted by Gasteiger charge is 2.41. The lowest BCUT2D eigenvalue weighted by molar-refractivity contribution is -0.134. The lowest BCUT2D eigenvalue weighted by Gasteiger charge is -2.34. The molecule has 2 aliphatic rings. The Kier molecular flexibility index (Phi) is 4.45. The van der Waals surface area contributed by atoms with Gasteiger partial charge in [0.25, 0.3) is 0 Å². The number of nitrogens with zero attached hydrogens (tertiary/aromatic N) is 2. The molecule has 1 saturated carbocycles. The Labute approximate surface area is 115 Å². The fourth-order valence-electron chi connectivity index (χ4n) is 2.60. The molecule has 0 aromatic rings. The molecule has 0 unspecified atom stereocenters. The number of carbonyl (C=O) groups excluding carboxylic acids is 2. The molecule has 19 heavy (non-hydrogen) atoms. The van der Waals surface area contributed by atoms with Crippen molar-refractivity contribution < 1.29 is 9.59 Å². The number of nitrogens with one attached hydrogen (secondary N) is 1. The number of carbonyl (C=O) groups is 2. The highest BCUT2D eigenvalue weighted by molar-refractivity contribution is 5.82. The zero-order valence-electron chi connectivity index (χ0n) is 12.2. The van der Waals surface area contributed by atoms with E-state index < -0.39 is 0 Å². The van der Waals surface area contributed by atoms with Gasteiger partial charge in [0.05, 0.1) is 6.54 Å². The molecule has 1 aliphatic carbocycles. The van der Waals surface area contributed by atoms with Crippen molar-refractivity contribution in [3.8, 4) is 0 Å². The minimum atomic E-state index is 0.0746. The maximum absolute atomic E-state index is 12.1. The molecule has 2 fully saturated rings. The van der Waals surface area contributed by atoms with Crippen LogP contribution in [-0.2, 0) is 9.59 Å². The second-order valence-corrected chi connectivity index (χ2v) is 6.14. The summed E-state index contributed by atoms with van der Waals surface area (Å²) in [6.07, 6.45) is 1.05. The molecule has 1 saturated heterocycles. The normalized spacial score (nSPS) is 27.5. The standard InChI is InChI=1S/C14H25N3O2/c1-10(2)15-13(18)9-16-4-6-17(7-5-16)14(19)12-8-11(12)3/h10-12H,4-9H2,1-3H3,(H,15,18)/t11-,12+/m1/s1. The molecular weight excluding hydrogens is 242 g/mol. The minimum absolute atomic E-state index is 0.0746. The summed E-state index contributed by atoms with van der Waals surface area (Å²) in [4.78, 5) is 27.8. The van der Waals surface area contributed by atoms with E-state index in [4.69, 9.17) is 0 Å². The lowest BCUT2D eigenvalue weighted by atomic mass is 10.2. The van der Waals surface area contributed by atoms with Crippen LogP contribution in [0.5, 0.6) is 0 Å². The molecule has 2 atom stereocenters. The predicted octanol–water partition coefficient (Wildman–Crippen LogP) is 0.311. The summed E-state index contributed by atoms with van der Waals surface area (Å²) in [5.74, 6) is 1.24. The van der Waals surface area contributed by atoms with Gasteiger partial charge in [-0.2, -0.15) is 0 Å². The van der Waals surface area contributed by atoms with E-state index in [-0.39, 0.29) is 17.9 Å². The highest BCUT2D eigenvalue weighted by atomic mass is 16.2. The molecule has 1 N–H and O–H groups in total. The molecule has 0 aromatic heterocycles. The van der Waals surface area contributed by atoms with Gasteiger partial charge in [-0.25, -0.2) is 0 Å². The Morgan fingerprint density at radius 1 is 1.21 bits per heavy atom. The Hall–Kier alpha value is -1.10. The van der Waals surface area contributed by atoms with Crippen LogP contribution in [0.25, 0.3) is 0 Å². The monoisotopic (exact) mass is 267 g/mol. The van der Waals surface area contributed by atoms with Gasteiger partial charge in [-0.3, -0.25) is 14.5 Å². The van der Waals surface area contributed by atoms with Crippen molar-refractivity contribution in [2.75, 3.05) is 32.7 Å². The van der Waals surface area contributed by atoms with E-state index in [9.17, 15) is 9.59 Å². The maximum atomic E-state index is 12.1. The van der Waals surface area contributed by atoms with Crippen LogP contribution < -0.4 is 5.32 Å². The summed E-state index contributed by atoms with van der Waals surface area (Å²) in [6.45, 7) is 9.64. The van der Waals surface area contributed by atoms with Gasteiger partial charge in [0.1, 0.15) is 0 Å². The van der Waals surface area contributed by atoms with Gasteiger partial charge in [0, 0.05) is 38.1 Å². The third kappa shape index (κ3) is 3.93. The summed E-state index contributed by atoms with van der Waals surface area (Å²) < 4.78 is 0. The third-order valence-electron chi connectivity index (χ3n) is 3.93. The summed E-state index contributed by atoms with van der Waals surface area (Å²) >= 11 is 0. The SMILES string of the molecule is CC(C)NC(=O)CN1CCN(C(=O)[C@H]2C[C@H]2C)CC1. The van der Waals surface area contributed by atoms with Crippen molar-refractivity contribution in [2.45, 2.75) is 33.2 Å². The molecule has 2 amide bonds. The number of piperazine rings is 1. The van der Waals surface area contributed by atoms with E-state index in [1.54, 1.807) is 0 Å². The maximum Gasteiger partial charge on any atom is 0.234 e. The molecule has 1 aliphatic heterocycles. The first kappa shape index (κ1) is 14.3. The molecular formula is C14H25N3O2. The summed E-state index contributed by atoms with van der Waals surface area (Å²) in [7, 11) is 0. The Bertz CT molecular complexity index is 349. The topological polar surface area (TPSA) is 52.7 Å². The van der Waals surface area contributed by atoms with E-state index in [0.717, 1.165) is 32.6 Å². The average molecular weight is 267 g/mol. The van der Waals surface area contributed by atoms with Crippen molar-refractivity contribution in [2.24, 2.45) is 11.8 Å². The first-order chi connectivity index (χ1) is 8.97. The van der Waals surface area contributed by atoms with Crippen LogP contribution >= 0.6 is 0 Å². The Morgan fingerprint density at radius 3 is 2.26 bits per heavy atom. The molecule has 1 heterocycles. The second-order valence-electron chi connectivity index (χ2n) is 6.14. The molecule has 0 radical (unpaired) electrons. The number of rotatable bonds is 4. The third-order valence-corrected chi connectivity index (χ3v) is 3.93. The molecule has 0 bridgehead atoms. The van der Waals surface area contributed by atoms with Crippen LogP contribution in [0.3, 0.4) is 0 Å². The zero-order chi connectivity index (χ0) is 14.0. The highest BCUT2D eigenvalue weighted by Crippen LogP contribution is 2.39. The molecule has 5 nitrogen and oxygen atoms in total. The minimum Gasteiger partial charge on any atom is -0.353 e. The van der Waals surface area contributed by atoms with Gasteiger partial charge in [-0.15, -0.1) is 0 Å². The predicted molar refractivity (Wildman–Crippen MR) is 73.6 cm³/mol. The molecule has 2 rings (SSSR count). The summed E-state index contributed by atoms with van der Waals surface area (Å²) in [5.41, 5.74) is 0. The van der Waals surface area contributed by atoms with Gasteiger partial charge < -0.3 is 10.2 Å². The smallest absolute Gasteiger partial charge is 0.234 e. The van der Waals surface area contributed by atoms with E-state index in [1.165, 1.54) is 0 Å². The van der Waals surface area contributed by atoms with E-state index in [0.29, 0.717) is 18.4 Å². The first-order valence-corrected chi connectivity index (χ1v) is 7.28. The van der Waals surface area contributed by atoms with E-state index in [1.807, 2.05) is 18.7 Å². The average Bonchev–Trinajstić information content (AvgIpc) is 3.05. The zero-order valence-corrected chi connectivity index (χ0v) is 12.2. The van der Waals surface area contributed by atoms with Crippen LogP contribution in [-0.4, -0.2) is 60.4 Å². The van der Waals surface area contributed by atoms with Gasteiger partial charge in [0.2, 0.25) is 11.8 Å². The second kappa shape index (κ2) is 5.90. The van der Waals surface area contributed by atoms with Gasteiger partial charge in [0.15, 0.2) is 0 Å². The van der Waals surface area contributed by atoms with E-state index in [2.05, 4.69) is 17.1 Å². The number of hydrogen-bond acceptors (Lipinski definition) is 3. The largest absolute Gasteiger partial charge is 0.353 e. The van der Waals surface area contributed by atoms with Crippen LogP contribution in [0.15, 0.2) is 0 Å². The number of amides is 2. The van der Waals surface area contributed by atoms with Crippen molar-refractivity contribution in [1.29, 1.82) is 0 Å². The first-order valence-electron chi connectivity index (χ1n) is 7.28. The Morgan fingerprint density at radius 2 is 1.79 bits per heavy atom. The molecule has 108 valence electrons. The summed E-state index contributed by atoms with van der Waals surface area (Å²) in [6, 6.07) is 0.187. The van der Waals surface area contributed by atoms with Crippen molar-refractivity contribution in [3.05, 3.63) is 0 Å². The van der Waals surface area contributed by atoms with Crippen LogP contribution in [0.2, 0.25) is 0 Å². The fraction of sp³-hybridized carbons (Fsp3) is 0.857. The molecule has 0 aromatic carbocycles. The van der Waals surface area contributed by atoms with Crippen molar-refractivity contribution >= 4 is 11.8 Å². The van der Waals surface area contributed by atoms with Crippen LogP contribution in [0.4, 0.5) is 0 Å². The van der Waals surface area contributed by atoms with Gasteiger partial charge in [-0.05, 0) is 26.2 Å². The number of hydrogen-bond donors (Lipinski definition) is 1. The van der Waals surface area contributed by atoms with E-state index >= 15 is 0 Å². The Balaban J connectivity index is 1.70. The van der Waals surface area contributed by atoms with Crippen molar-refractivity contribution in [3.63, 3.8) is 0 Å². The van der Waals surface area contributed by atoms with Crippen LogP contribution in [0, 0.1) is 11.8 Å². The molecule has 0 spiro atoms. The summed E-state index contributed by atoms with van der Waals surface area (Å²) in [5, 5.41) is 2.90. The van der Waals surface area contributed by atoms with Crippen LogP contribution in [0.1, 0.15) is 27.2 Å². The van der Waals surface area contributed by atoms with Gasteiger partial charge >= 0.3 is 0 Å². The van der Waals surface area contributed by atoms with Gasteiger partial charge in [-0.1, -0.05) is 6.92 Å².